The van der Waals surface area contributed by atoms with E-state index in [0.717, 1.165) is 0 Å². The molecule has 0 radical (unpaired) electrons. The summed E-state index contributed by atoms with van der Waals surface area (Å²) >= 11 is 0. The van der Waals surface area contributed by atoms with Crippen molar-refractivity contribution in [2.45, 2.75) is 19.3 Å². The number of hydrogen-bond donors (Lipinski definition) is 1. The van der Waals surface area contributed by atoms with Crippen molar-refractivity contribution in [3.63, 3.8) is 0 Å². The first kappa shape index (κ1) is 14.9. The maximum atomic E-state index is 12.0. The number of benzene rings is 1. The molecule has 5 heteroatoms. The Morgan fingerprint density at radius 1 is 1.32 bits per heavy atom. The van der Waals surface area contributed by atoms with E-state index >= 15 is 0 Å². The average Bonchev–Trinajstić information content (AvgIpc) is 2.45. The summed E-state index contributed by atoms with van der Waals surface area (Å²) < 4.78 is 5.03. The van der Waals surface area contributed by atoms with Crippen molar-refractivity contribution in [1.82, 2.24) is 5.32 Å². The third kappa shape index (κ3) is 4.21. The summed E-state index contributed by atoms with van der Waals surface area (Å²) in [6, 6.07) is 4.73. The topological polar surface area (TPSA) is 72.5 Å². The maximum Gasteiger partial charge on any atom is 0.219 e. The monoisotopic (exact) mass is 263 g/mol. The number of carbonyl (C=O) groups is 3. The van der Waals surface area contributed by atoms with E-state index in [2.05, 4.69) is 5.32 Å². The molecule has 19 heavy (non-hydrogen) atoms. The van der Waals surface area contributed by atoms with Crippen LogP contribution in [0.4, 0.5) is 0 Å². The molecule has 102 valence electrons. The lowest BCUT2D eigenvalue weighted by Crippen LogP contribution is -2.17. The average molecular weight is 263 g/mol. The summed E-state index contributed by atoms with van der Waals surface area (Å²) in [6.07, 6.45) is 1.61. The first-order valence-corrected chi connectivity index (χ1v) is 5.99. The van der Waals surface area contributed by atoms with Crippen LogP contribution in [-0.4, -0.2) is 32.1 Å². The molecule has 0 heterocycles. The predicted octanol–water partition coefficient (Wildman–Crippen LogP) is 1.61. The van der Waals surface area contributed by atoms with Crippen LogP contribution < -0.4 is 10.1 Å². The van der Waals surface area contributed by atoms with Gasteiger partial charge in [-0.05, 0) is 24.6 Å². The van der Waals surface area contributed by atoms with Gasteiger partial charge in [0.05, 0.1) is 7.11 Å². The fourth-order valence-corrected chi connectivity index (χ4v) is 1.68. The number of ketones is 1. The first-order valence-electron chi connectivity index (χ1n) is 5.99. The van der Waals surface area contributed by atoms with Gasteiger partial charge in [-0.3, -0.25) is 14.4 Å². The number of methoxy groups -OCH3 is 1. The summed E-state index contributed by atoms with van der Waals surface area (Å²) in [7, 11) is 3.05. The van der Waals surface area contributed by atoms with Crippen molar-refractivity contribution >= 4 is 18.0 Å². The smallest absolute Gasteiger partial charge is 0.219 e. The number of rotatable bonds is 7. The molecule has 0 spiro atoms. The molecular weight excluding hydrogens is 246 g/mol. The van der Waals surface area contributed by atoms with E-state index in [0.29, 0.717) is 36.0 Å². The molecule has 5 nitrogen and oxygen atoms in total. The standard InChI is InChI=1S/C14H17NO4/c1-15-14(18)5-3-4-13(17)12-8-11(19-2)7-6-10(12)9-16/h6-9H,3-5H2,1-2H3,(H,15,18). The van der Waals surface area contributed by atoms with Gasteiger partial charge in [-0.2, -0.15) is 0 Å². The van der Waals surface area contributed by atoms with Gasteiger partial charge >= 0.3 is 0 Å². The van der Waals surface area contributed by atoms with Crippen LogP contribution in [0, 0.1) is 0 Å². The summed E-state index contributed by atoms with van der Waals surface area (Å²) in [6.45, 7) is 0. The van der Waals surface area contributed by atoms with Crippen molar-refractivity contribution in [1.29, 1.82) is 0 Å². The number of nitrogens with one attached hydrogen (secondary N) is 1. The van der Waals surface area contributed by atoms with E-state index < -0.39 is 0 Å². The van der Waals surface area contributed by atoms with Gasteiger partial charge in [-0.15, -0.1) is 0 Å². The van der Waals surface area contributed by atoms with Crippen LogP contribution >= 0.6 is 0 Å². The molecule has 1 aromatic rings. The minimum absolute atomic E-state index is 0.103. The molecular formula is C14H17NO4. The zero-order chi connectivity index (χ0) is 14.3. The second-order valence-electron chi connectivity index (χ2n) is 4.02. The van der Waals surface area contributed by atoms with Crippen molar-refractivity contribution < 1.29 is 19.1 Å². The lowest BCUT2D eigenvalue weighted by molar-refractivity contribution is -0.120. The number of ether oxygens (including phenoxy) is 1. The number of aldehydes is 1. The maximum absolute atomic E-state index is 12.0. The van der Waals surface area contributed by atoms with E-state index in [9.17, 15) is 14.4 Å². The molecule has 1 N–H and O–H groups in total. The zero-order valence-corrected chi connectivity index (χ0v) is 11.1. The molecule has 0 aliphatic carbocycles. The number of hydrogen-bond acceptors (Lipinski definition) is 4. The first-order chi connectivity index (χ1) is 9.12. The Labute approximate surface area is 111 Å². The Kier molecular flexibility index (Phi) is 5.73. The quantitative estimate of drug-likeness (QED) is 0.599. The zero-order valence-electron chi connectivity index (χ0n) is 11.1. The molecule has 0 aliphatic rings. The van der Waals surface area contributed by atoms with Gasteiger partial charge in [0.2, 0.25) is 5.91 Å². The van der Waals surface area contributed by atoms with Crippen molar-refractivity contribution in [3.05, 3.63) is 29.3 Å². The van der Waals surface area contributed by atoms with Crippen LogP contribution in [0.25, 0.3) is 0 Å². The normalized spacial score (nSPS) is 9.79. The molecule has 0 unspecified atom stereocenters. The Morgan fingerprint density at radius 3 is 2.63 bits per heavy atom. The van der Waals surface area contributed by atoms with Crippen LogP contribution in [0.5, 0.6) is 5.75 Å². The fourth-order valence-electron chi connectivity index (χ4n) is 1.68. The molecule has 1 amide bonds. The molecule has 0 aromatic heterocycles. The SMILES string of the molecule is CNC(=O)CCCC(=O)c1cc(OC)ccc1C=O. The largest absolute Gasteiger partial charge is 0.497 e. The molecule has 0 fully saturated rings. The molecule has 0 aliphatic heterocycles. The number of carbonyl (C=O) groups excluding carboxylic acids is 3. The Hall–Kier alpha value is -2.17. The number of amides is 1. The van der Waals surface area contributed by atoms with Crippen LogP contribution in [0.3, 0.4) is 0 Å². The highest BCUT2D eigenvalue weighted by molar-refractivity contribution is 6.03. The third-order valence-electron chi connectivity index (χ3n) is 2.77. The summed E-state index contributed by atoms with van der Waals surface area (Å²) in [5.74, 6) is 0.263. The second-order valence-corrected chi connectivity index (χ2v) is 4.02. The van der Waals surface area contributed by atoms with Gasteiger partial charge in [0.1, 0.15) is 5.75 Å². The molecule has 0 saturated heterocycles. The third-order valence-corrected chi connectivity index (χ3v) is 2.77. The highest BCUT2D eigenvalue weighted by Crippen LogP contribution is 2.19. The molecule has 1 rings (SSSR count). The van der Waals surface area contributed by atoms with Gasteiger partial charge in [0.15, 0.2) is 12.1 Å². The lowest BCUT2D eigenvalue weighted by atomic mass is 10.00. The molecule has 0 atom stereocenters. The van der Waals surface area contributed by atoms with E-state index in [-0.39, 0.29) is 18.1 Å². The second kappa shape index (κ2) is 7.31. The van der Waals surface area contributed by atoms with E-state index in [1.165, 1.54) is 7.11 Å². The van der Waals surface area contributed by atoms with Gasteiger partial charge in [-0.25, -0.2) is 0 Å². The minimum Gasteiger partial charge on any atom is -0.497 e. The van der Waals surface area contributed by atoms with E-state index in [1.54, 1.807) is 25.2 Å². The fraction of sp³-hybridized carbons (Fsp3) is 0.357. The van der Waals surface area contributed by atoms with Crippen molar-refractivity contribution in [3.8, 4) is 5.75 Å². The number of Topliss-reactive ketones (excluding diaryl/α,β-unsaturated/α-hetero) is 1. The Morgan fingerprint density at radius 2 is 2.05 bits per heavy atom. The van der Waals surface area contributed by atoms with Gasteiger partial charge < -0.3 is 10.1 Å². The van der Waals surface area contributed by atoms with E-state index in [4.69, 9.17) is 4.74 Å². The van der Waals surface area contributed by atoms with Crippen LogP contribution in [0.2, 0.25) is 0 Å². The Balaban J connectivity index is 2.74. The van der Waals surface area contributed by atoms with E-state index in [1.807, 2.05) is 0 Å². The molecule has 0 bridgehead atoms. The van der Waals surface area contributed by atoms with Gasteiger partial charge in [0.25, 0.3) is 0 Å². The van der Waals surface area contributed by atoms with Crippen LogP contribution in [0.15, 0.2) is 18.2 Å². The molecule has 1 aromatic carbocycles. The van der Waals surface area contributed by atoms with Gasteiger partial charge in [0, 0.05) is 31.0 Å². The lowest BCUT2D eigenvalue weighted by Gasteiger charge is -2.06. The Bertz CT molecular complexity index is 482. The summed E-state index contributed by atoms with van der Waals surface area (Å²) in [5.41, 5.74) is 0.678. The summed E-state index contributed by atoms with van der Waals surface area (Å²) in [5, 5.41) is 2.49. The van der Waals surface area contributed by atoms with Crippen molar-refractivity contribution in [2.75, 3.05) is 14.2 Å². The van der Waals surface area contributed by atoms with Crippen LogP contribution in [0.1, 0.15) is 40.0 Å². The van der Waals surface area contributed by atoms with Gasteiger partial charge in [-0.1, -0.05) is 0 Å². The highest BCUT2D eigenvalue weighted by Gasteiger charge is 2.13. The minimum atomic E-state index is -0.162. The summed E-state index contributed by atoms with van der Waals surface area (Å²) in [4.78, 5) is 34.0. The molecule has 0 saturated carbocycles. The van der Waals surface area contributed by atoms with Crippen molar-refractivity contribution in [2.24, 2.45) is 0 Å². The highest BCUT2D eigenvalue weighted by atomic mass is 16.5. The predicted molar refractivity (Wildman–Crippen MR) is 70.6 cm³/mol. The van der Waals surface area contributed by atoms with Crippen LogP contribution in [-0.2, 0) is 4.79 Å².